The number of ether oxygens (including phenoxy) is 2. The maximum Gasteiger partial charge on any atom is 0.341 e. The number of esters is 1. The number of nitrogens with zero attached hydrogens (tertiary/aromatic N) is 2. The predicted octanol–water partition coefficient (Wildman–Crippen LogP) is 3.02. The number of nitro benzene ring substituents is 1. The van der Waals surface area contributed by atoms with Gasteiger partial charge >= 0.3 is 5.97 Å². The van der Waals surface area contributed by atoms with E-state index in [2.05, 4.69) is 5.32 Å². The van der Waals surface area contributed by atoms with Crippen molar-refractivity contribution in [1.29, 1.82) is 0 Å². The molecule has 158 valence electrons. The van der Waals surface area contributed by atoms with E-state index < -0.39 is 29.2 Å². The summed E-state index contributed by atoms with van der Waals surface area (Å²) in [5.41, 5.74) is 0.305. The zero-order valence-corrected chi connectivity index (χ0v) is 16.4. The molecule has 0 aliphatic carbocycles. The second-order valence-electron chi connectivity index (χ2n) is 6.31. The molecular weight excluding hydrogens is 421 g/mol. The van der Waals surface area contributed by atoms with Gasteiger partial charge in [0.1, 0.15) is 5.82 Å². The maximum atomic E-state index is 13.1. The summed E-state index contributed by atoms with van der Waals surface area (Å²) < 4.78 is 23.4. The number of benzene rings is 2. The van der Waals surface area contributed by atoms with Crippen LogP contribution in [0.3, 0.4) is 0 Å². The van der Waals surface area contributed by atoms with Crippen LogP contribution in [0.1, 0.15) is 10.4 Å². The number of anilines is 2. The monoisotopic (exact) mass is 437 g/mol. The highest BCUT2D eigenvalue weighted by molar-refractivity contribution is 6.33. The zero-order valence-electron chi connectivity index (χ0n) is 15.6. The standard InChI is InChI=1S/C19H17ClFN3O6/c20-15-9-12(21)1-3-16(15)22-18(25)11-30-19(26)14-10-13(24(27)28)2-4-17(14)23-5-7-29-8-6-23/h1-4,9-10H,5-8,11H2,(H,22,25). The number of nitro groups is 1. The molecule has 11 heteroatoms. The Morgan fingerprint density at radius 1 is 1.23 bits per heavy atom. The first-order chi connectivity index (χ1) is 14.3. The summed E-state index contributed by atoms with van der Waals surface area (Å²) in [5, 5.41) is 13.5. The smallest absolute Gasteiger partial charge is 0.341 e. The number of hydrogen-bond donors (Lipinski definition) is 1. The Morgan fingerprint density at radius 3 is 2.63 bits per heavy atom. The molecule has 0 saturated carbocycles. The van der Waals surface area contributed by atoms with Crippen molar-refractivity contribution in [3.8, 4) is 0 Å². The summed E-state index contributed by atoms with van der Waals surface area (Å²) in [6.45, 7) is 1.25. The van der Waals surface area contributed by atoms with Gasteiger partial charge in [0.2, 0.25) is 0 Å². The third kappa shape index (κ3) is 5.22. The van der Waals surface area contributed by atoms with Gasteiger partial charge in [-0.15, -0.1) is 0 Å². The summed E-state index contributed by atoms with van der Waals surface area (Å²) in [6.07, 6.45) is 0. The van der Waals surface area contributed by atoms with Gasteiger partial charge in [0.25, 0.3) is 11.6 Å². The second kappa shape index (κ2) is 9.51. The highest BCUT2D eigenvalue weighted by Crippen LogP contribution is 2.27. The minimum atomic E-state index is -0.888. The third-order valence-electron chi connectivity index (χ3n) is 4.30. The van der Waals surface area contributed by atoms with E-state index in [0.717, 1.165) is 18.2 Å². The Balaban J connectivity index is 1.72. The number of halogens is 2. The number of rotatable bonds is 6. The molecule has 2 aromatic carbocycles. The van der Waals surface area contributed by atoms with E-state index >= 15 is 0 Å². The molecule has 3 rings (SSSR count). The number of amides is 1. The van der Waals surface area contributed by atoms with Crippen LogP contribution in [0.15, 0.2) is 36.4 Å². The summed E-state index contributed by atoms with van der Waals surface area (Å²) >= 11 is 5.84. The Labute approximate surface area is 175 Å². The molecule has 0 radical (unpaired) electrons. The van der Waals surface area contributed by atoms with Crippen molar-refractivity contribution in [2.24, 2.45) is 0 Å². The van der Waals surface area contributed by atoms with Gasteiger partial charge in [0, 0.05) is 25.2 Å². The molecule has 0 unspecified atom stereocenters. The molecule has 1 N–H and O–H groups in total. The van der Waals surface area contributed by atoms with E-state index in [4.69, 9.17) is 21.1 Å². The van der Waals surface area contributed by atoms with E-state index in [-0.39, 0.29) is 22.0 Å². The Bertz CT molecular complexity index is 981. The first-order valence-corrected chi connectivity index (χ1v) is 9.26. The fraction of sp³-hybridized carbons (Fsp3) is 0.263. The lowest BCUT2D eigenvalue weighted by Gasteiger charge is -2.30. The minimum absolute atomic E-state index is 0.0111. The lowest BCUT2D eigenvalue weighted by atomic mass is 10.1. The first-order valence-electron chi connectivity index (χ1n) is 8.88. The van der Waals surface area contributed by atoms with Crippen LogP contribution in [-0.4, -0.2) is 49.7 Å². The molecule has 0 aromatic heterocycles. The third-order valence-corrected chi connectivity index (χ3v) is 4.61. The van der Waals surface area contributed by atoms with Gasteiger partial charge in [0.15, 0.2) is 6.61 Å². The summed E-state index contributed by atoms with van der Waals surface area (Å²) in [7, 11) is 0. The fourth-order valence-corrected chi connectivity index (χ4v) is 3.08. The SMILES string of the molecule is O=C(COC(=O)c1cc([N+](=O)[O-])ccc1N1CCOCC1)Nc1ccc(F)cc1Cl. The molecule has 1 saturated heterocycles. The molecule has 2 aromatic rings. The molecule has 1 amide bonds. The van der Waals surface area contributed by atoms with Crippen LogP contribution in [0.2, 0.25) is 5.02 Å². The van der Waals surface area contributed by atoms with E-state index in [1.807, 2.05) is 4.90 Å². The van der Waals surface area contributed by atoms with Gasteiger partial charge in [-0.1, -0.05) is 11.6 Å². The number of nitrogens with one attached hydrogen (secondary N) is 1. The average Bonchev–Trinajstić information content (AvgIpc) is 2.74. The molecule has 9 nitrogen and oxygen atoms in total. The number of non-ortho nitro benzene ring substituents is 1. The second-order valence-corrected chi connectivity index (χ2v) is 6.71. The number of morpholine rings is 1. The van der Waals surface area contributed by atoms with Gasteiger partial charge in [0.05, 0.1) is 40.1 Å². The topological polar surface area (TPSA) is 111 Å². The predicted molar refractivity (Wildman–Crippen MR) is 106 cm³/mol. The minimum Gasteiger partial charge on any atom is -0.452 e. The molecule has 1 aliphatic rings. The number of hydrogen-bond acceptors (Lipinski definition) is 7. The molecule has 1 heterocycles. The summed E-state index contributed by atoms with van der Waals surface area (Å²) in [4.78, 5) is 37.0. The maximum absolute atomic E-state index is 13.1. The van der Waals surface area contributed by atoms with Gasteiger partial charge in [-0.25, -0.2) is 9.18 Å². The van der Waals surface area contributed by atoms with E-state index in [0.29, 0.717) is 32.0 Å². The van der Waals surface area contributed by atoms with Crippen LogP contribution in [-0.2, 0) is 14.3 Å². The lowest BCUT2D eigenvalue weighted by Crippen LogP contribution is -2.37. The Morgan fingerprint density at radius 2 is 1.97 bits per heavy atom. The quantitative estimate of drug-likeness (QED) is 0.420. The van der Waals surface area contributed by atoms with E-state index in [9.17, 15) is 24.1 Å². The van der Waals surface area contributed by atoms with Gasteiger partial charge < -0.3 is 19.7 Å². The van der Waals surface area contributed by atoms with Crippen molar-refractivity contribution >= 4 is 40.5 Å². The highest BCUT2D eigenvalue weighted by atomic mass is 35.5. The van der Waals surface area contributed by atoms with Gasteiger partial charge in [-0.3, -0.25) is 14.9 Å². The van der Waals surface area contributed by atoms with E-state index in [1.54, 1.807) is 0 Å². The number of carbonyl (C=O) groups is 2. The van der Waals surface area contributed by atoms with Gasteiger partial charge in [-0.2, -0.15) is 0 Å². The summed E-state index contributed by atoms with van der Waals surface area (Å²) in [6, 6.07) is 7.30. The van der Waals surface area contributed by atoms with Crippen molar-refractivity contribution in [3.63, 3.8) is 0 Å². The number of carbonyl (C=O) groups excluding carboxylic acids is 2. The fourth-order valence-electron chi connectivity index (χ4n) is 2.87. The van der Waals surface area contributed by atoms with Crippen LogP contribution in [0.25, 0.3) is 0 Å². The summed E-state index contributed by atoms with van der Waals surface area (Å²) in [5.74, 6) is -2.15. The molecular formula is C19H17ClFN3O6. The normalized spacial score (nSPS) is 13.6. The van der Waals surface area contributed by atoms with Crippen molar-refractivity contribution in [2.45, 2.75) is 0 Å². The Kier molecular flexibility index (Phi) is 6.80. The van der Waals surface area contributed by atoms with E-state index in [1.165, 1.54) is 18.2 Å². The van der Waals surface area contributed by atoms with Gasteiger partial charge in [-0.05, 0) is 24.3 Å². The van der Waals surface area contributed by atoms with Crippen LogP contribution in [0.5, 0.6) is 0 Å². The molecule has 1 fully saturated rings. The average molecular weight is 438 g/mol. The molecule has 0 bridgehead atoms. The largest absolute Gasteiger partial charge is 0.452 e. The van der Waals surface area contributed by atoms with Crippen LogP contribution >= 0.6 is 11.6 Å². The van der Waals surface area contributed by atoms with Crippen LogP contribution in [0, 0.1) is 15.9 Å². The Hall–Kier alpha value is -3.24. The molecule has 0 spiro atoms. The van der Waals surface area contributed by atoms with Crippen LogP contribution in [0.4, 0.5) is 21.5 Å². The van der Waals surface area contributed by atoms with Crippen molar-refractivity contribution < 1.29 is 28.4 Å². The lowest BCUT2D eigenvalue weighted by molar-refractivity contribution is -0.384. The molecule has 30 heavy (non-hydrogen) atoms. The van der Waals surface area contributed by atoms with Crippen molar-refractivity contribution in [2.75, 3.05) is 43.1 Å². The first kappa shape index (κ1) is 21.5. The van der Waals surface area contributed by atoms with Crippen molar-refractivity contribution in [3.05, 3.63) is 62.9 Å². The zero-order chi connectivity index (χ0) is 21.7. The van der Waals surface area contributed by atoms with Crippen LogP contribution < -0.4 is 10.2 Å². The highest BCUT2D eigenvalue weighted by Gasteiger charge is 2.23. The molecule has 0 atom stereocenters. The molecule has 1 aliphatic heterocycles. The van der Waals surface area contributed by atoms with Crippen molar-refractivity contribution in [1.82, 2.24) is 0 Å².